The van der Waals surface area contributed by atoms with Gasteiger partial charge >= 0.3 is 0 Å². The molecule has 5 nitrogen and oxygen atoms in total. The Morgan fingerprint density at radius 3 is 2.76 bits per heavy atom. The summed E-state index contributed by atoms with van der Waals surface area (Å²) in [5.41, 5.74) is -0.426. The normalized spacial score (nSPS) is 26.7. The van der Waals surface area contributed by atoms with Gasteiger partial charge in [-0.25, -0.2) is 8.42 Å². The number of nitrogens with one attached hydrogen (secondary N) is 2. The smallest absolute Gasteiger partial charge is 0.166 e. The molecule has 0 spiro atoms. The number of rotatable bonds is 5. The van der Waals surface area contributed by atoms with E-state index in [-0.39, 0.29) is 11.5 Å². The second kappa shape index (κ2) is 5.97. The molecule has 2 N–H and O–H groups in total. The van der Waals surface area contributed by atoms with E-state index in [1.807, 2.05) is 6.92 Å². The summed E-state index contributed by atoms with van der Waals surface area (Å²) in [5, 5.41) is 6.65. The van der Waals surface area contributed by atoms with Crippen LogP contribution >= 0.6 is 12.2 Å². The largest absolute Gasteiger partial charge is 0.385 e. The highest BCUT2D eigenvalue weighted by Crippen LogP contribution is 2.22. The highest BCUT2D eigenvalue weighted by atomic mass is 32.2. The summed E-state index contributed by atoms with van der Waals surface area (Å²) < 4.78 is 27.7. The van der Waals surface area contributed by atoms with Crippen LogP contribution in [0.5, 0.6) is 0 Å². The van der Waals surface area contributed by atoms with E-state index in [0.29, 0.717) is 18.1 Å². The van der Waals surface area contributed by atoms with Crippen LogP contribution in [0.1, 0.15) is 19.8 Å². The fourth-order valence-electron chi connectivity index (χ4n) is 1.85. The first kappa shape index (κ1) is 14.7. The molecule has 1 aliphatic rings. The maximum Gasteiger partial charge on any atom is 0.166 e. The first-order valence-electron chi connectivity index (χ1n) is 5.62. The lowest BCUT2D eigenvalue weighted by Gasteiger charge is -2.25. The van der Waals surface area contributed by atoms with Crippen LogP contribution in [0, 0.1) is 0 Å². The van der Waals surface area contributed by atoms with Gasteiger partial charge in [0.05, 0.1) is 17.0 Å². The van der Waals surface area contributed by atoms with E-state index in [1.165, 1.54) is 0 Å². The Bertz CT molecular complexity index is 370. The van der Waals surface area contributed by atoms with Gasteiger partial charge in [0.2, 0.25) is 0 Å². The summed E-state index contributed by atoms with van der Waals surface area (Å²) in [4.78, 5) is 0. The van der Waals surface area contributed by atoms with E-state index in [1.54, 1.807) is 7.11 Å². The molecular weight excluding hydrogens is 260 g/mol. The lowest BCUT2D eigenvalue weighted by Crippen LogP contribution is -2.51. The first-order chi connectivity index (χ1) is 7.87. The molecule has 0 bridgehead atoms. The van der Waals surface area contributed by atoms with Crippen molar-refractivity contribution in [2.45, 2.75) is 25.3 Å². The quantitative estimate of drug-likeness (QED) is 0.548. The molecule has 0 aliphatic carbocycles. The molecule has 17 heavy (non-hydrogen) atoms. The Morgan fingerprint density at radius 1 is 1.53 bits per heavy atom. The van der Waals surface area contributed by atoms with Gasteiger partial charge in [-0.15, -0.1) is 0 Å². The molecule has 1 atom stereocenters. The third kappa shape index (κ3) is 5.18. The van der Waals surface area contributed by atoms with Gasteiger partial charge in [0.25, 0.3) is 0 Å². The van der Waals surface area contributed by atoms with E-state index in [0.717, 1.165) is 13.0 Å². The molecule has 0 aromatic rings. The van der Waals surface area contributed by atoms with E-state index < -0.39 is 15.4 Å². The van der Waals surface area contributed by atoms with Crippen molar-refractivity contribution in [2.24, 2.45) is 0 Å². The second-order valence-electron chi connectivity index (χ2n) is 4.63. The maximum atomic E-state index is 11.4. The summed E-state index contributed by atoms with van der Waals surface area (Å²) in [7, 11) is -1.24. The van der Waals surface area contributed by atoms with Crippen molar-refractivity contribution >= 4 is 27.2 Å². The van der Waals surface area contributed by atoms with Gasteiger partial charge in [0.15, 0.2) is 14.9 Å². The van der Waals surface area contributed by atoms with Crippen LogP contribution in [-0.4, -0.2) is 50.8 Å². The molecule has 0 aromatic carbocycles. The third-order valence-corrected chi connectivity index (χ3v) is 4.88. The van der Waals surface area contributed by atoms with Crippen LogP contribution in [0.2, 0.25) is 0 Å². The Hall–Kier alpha value is -0.400. The number of methoxy groups -OCH3 is 1. The molecule has 0 radical (unpaired) electrons. The molecule has 0 aromatic heterocycles. The fourth-order valence-corrected chi connectivity index (χ4v) is 4.29. The van der Waals surface area contributed by atoms with Gasteiger partial charge in [-0.05, 0) is 32.0 Å². The van der Waals surface area contributed by atoms with Crippen molar-refractivity contribution in [2.75, 3.05) is 31.8 Å². The van der Waals surface area contributed by atoms with E-state index in [4.69, 9.17) is 17.0 Å². The van der Waals surface area contributed by atoms with Crippen LogP contribution in [0.15, 0.2) is 0 Å². The minimum absolute atomic E-state index is 0.153. The highest BCUT2D eigenvalue weighted by Gasteiger charge is 2.38. The van der Waals surface area contributed by atoms with E-state index in [2.05, 4.69) is 10.6 Å². The average Bonchev–Trinajstić information content (AvgIpc) is 2.47. The zero-order valence-corrected chi connectivity index (χ0v) is 11.9. The highest BCUT2D eigenvalue weighted by molar-refractivity contribution is 7.91. The Labute approximate surface area is 108 Å². The zero-order valence-electron chi connectivity index (χ0n) is 10.3. The van der Waals surface area contributed by atoms with E-state index in [9.17, 15) is 8.42 Å². The minimum atomic E-state index is -2.90. The topological polar surface area (TPSA) is 67.4 Å². The zero-order chi connectivity index (χ0) is 12.9. The molecule has 7 heteroatoms. The molecule has 1 rings (SSSR count). The third-order valence-electron chi connectivity index (χ3n) is 2.73. The standard InChI is InChI=1S/C10H20N2O3S2/c1-10(4-7-17(13,14)8-10)12-9(16)11-5-3-6-15-2/h3-8H2,1-2H3,(H2,11,12,16)/t10-/m1/s1. The lowest BCUT2D eigenvalue weighted by molar-refractivity contribution is 0.195. The van der Waals surface area contributed by atoms with Crippen LogP contribution in [0.3, 0.4) is 0 Å². The Kier molecular flexibility index (Phi) is 5.15. The Balaban J connectivity index is 2.31. The van der Waals surface area contributed by atoms with Crippen molar-refractivity contribution in [1.29, 1.82) is 0 Å². The van der Waals surface area contributed by atoms with Crippen LogP contribution in [0.25, 0.3) is 0 Å². The molecule has 1 heterocycles. The number of thiocarbonyl (C=S) groups is 1. The number of hydrogen-bond donors (Lipinski definition) is 2. The fraction of sp³-hybridized carbons (Fsp3) is 0.900. The summed E-state index contributed by atoms with van der Waals surface area (Å²) >= 11 is 5.13. The summed E-state index contributed by atoms with van der Waals surface area (Å²) in [6.45, 7) is 3.30. The van der Waals surface area contributed by atoms with Gasteiger partial charge in [0.1, 0.15) is 0 Å². The monoisotopic (exact) mass is 280 g/mol. The predicted molar refractivity (Wildman–Crippen MR) is 71.9 cm³/mol. The molecule has 0 unspecified atom stereocenters. The van der Waals surface area contributed by atoms with Gasteiger partial charge < -0.3 is 15.4 Å². The number of ether oxygens (including phenoxy) is 1. The van der Waals surface area contributed by atoms with Crippen molar-refractivity contribution < 1.29 is 13.2 Å². The molecule has 1 fully saturated rings. The SMILES string of the molecule is COCCCNC(=S)N[C@]1(C)CCS(=O)(=O)C1. The van der Waals surface area contributed by atoms with Crippen molar-refractivity contribution in [3.63, 3.8) is 0 Å². The molecule has 100 valence electrons. The second-order valence-corrected chi connectivity index (χ2v) is 7.22. The minimum Gasteiger partial charge on any atom is -0.385 e. The van der Waals surface area contributed by atoms with Crippen LogP contribution < -0.4 is 10.6 Å². The van der Waals surface area contributed by atoms with Crippen LogP contribution in [-0.2, 0) is 14.6 Å². The average molecular weight is 280 g/mol. The molecule has 0 amide bonds. The lowest BCUT2D eigenvalue weighted by atomic mass is 10.0. The van der Waals surface area contributed by atoms with E-state index >= 15 is 0 Å². The van der Waals surface area contributed by atoms with Crippen molar-refractivity contribution in [3.8, 4) is 0 Å². The maximum absolute atomic E-state index is 11.4. The molecule has 1 aliphatic heterocycles. The molecular formula is C10H20N2O3S2. The van der Waals surface area contributed by atoms with Gasteiger partial charge in [-0.3, -0.25) is 0 Å². The Morgan fingerprint density at radius 2 is 2.24 bits per heavy atom. The van der Waals surface area contributed by atoms with Gasteiger partial charge in [0, 0.05) is 20.3 Å². The summed E-state index contributed by atoms with van der Waals surface area (Å²) in [6, 6.07) is 0. The molecule has 1 saturated heterocycles. The van der Waals surface area contributed by atoms with Gasteiger partial charge in [-0.1, -0.05) is 0 Å². The summed E-state index contributed by atoms with van der Waals surface area (Å²) in [5.74, 6) is 0.392. The van der Waals surface area contributed by atoms with Crippen LogP contribution in [0.4, 0.5) is 0 Å². The molecule has 0 saturated carbocycles. The van der Waals surface area contributed by atoms with Gasteiger partial charge in [-0.2, -0.15) is 0 Å². The number of sulfone groups is 1. The number of hydrogen-bond acceptors (Lipinski definition) is 4. The first-order valence-corrected chi connectivity index (χ1v) is 7.85. The summed E-state index contributed by atoms with van der Waals surface area (Å²) in [6.07, 6.45) is 1.47. The van der Waals surface area contributed by atoms with Crippen molar-refractivity contribution in [1.82, 2.24) is 10.6 Å². The predicted octanol–water partition coefficient (Wildman–Crippen LogP) is 0.0642. The van der Waals surface area contributed by atoms with Crippen molar-refractivity contribution in [3.05, 3.63) is 0 Å².